The Morgan fingerprint density at radius 2 is 1.95 bits per heavy atom. The van der Waals surface area contributed by atoms with Gasteiger partial charge in [0.25, 0.3) is 0 Å². The first-order chi connectivity index (χ1) is 9.34. The second-order valence-electron chi connectivity index (χ2n) is 4.60. The Morgan fingerprint density at radius 1 is 1.30 bits per heavy atom. The molecular weight excluding hydrogens is 281 g/mol. The maximum Gasteiger partial charge on any atom is 0.245 e. The molecule has 4 nitrogen and oxygen atoms in total. The van der Waals surface area contributed by atoms with E-state index in [0.29, 0.717) is 13.0 Å². The normalized spacial score (nSPS) is 11.8. The fourth-order valence-corrected chi connectivity index (χ4v) is 3.04. The highest BCUT2D eigenvalue weighted by Crippen LogP contribution is 2.21. The second kappa shape index (κ2) is 6.95. The van der Waals surface area contributed by atoms with Crippen molar-refractivity contribution in [2.45, 2.75) is 38.0 Å². The molecule has 6 heteroatoms. The Balaban J connectivity index is 3.20. The van der Waals surface area contributed by atoms with Crippen LogP contribution in [0.5, 0.6) is 0 Å². The number of benzene rings is 1. The van der Waals surface area contributed by atoms with E-state index in [1.807, 2.05) is 6.92 Å². The molecule has 1 aromatic carbocycles. The second-order valence-corrected chi connectivity index (χ2v) is 6.62. The molecule has 0 fully saturated rings. The number of unbranched alkanes of at least 4 members (excludes halogenated alkanes) is 1. The number of sulfonamides is 1. The molecule has 0 saturated carbocycles. The Labute approximate surface area is 119 Å². The molecule has 112 valence electrons. The number of nitrogens with zero attached hydrogens (tertiary/aromatic N) is 1. The maximum absolute atomic E-state index is 13.8. The standard InChI is InChI=1S/C14H20FNO3S/c1-4-6-9-16(3)20(18,19)14-10-11(13(17)5-2)7-8-12(14)15/h7-8,10H,4-6,9H2,1-3H3. The van der Waals surface area contributed by atoms with Crippen LogP contribution in [0.3, 0.4) is 0 Å². The van der Waals surface area contributed by atoms with Gasteiger partial charge in [-0.1, -0.05) is 20.3 Å². The minimum atomic E-state index is -3.90. The summed E-state index contributed by atoms with van der Waals surface area (Å²) in [5.41, 5.74) is 0.219. The van der Waals surface area contributed by atoms with Crippen molar-refractivity contribution in [3.05, 3.63) is 29.6 Å². The molecule has 0 bridgehead atoms. The van der Waals surface area contributed by atoms with Crippen LogP contribution < -0.4 is 0 Å². The summed E-state index contributed by atoms with van der Waals surface area (Å²) < 4.78 is 39.5. The van der Waals surface area contributed by atoms with E-state index in [9.17, 15) is 17.6 Å². The van der Waals surface area contributed by atoms with Gasteiger partial charge in [-0.25, -0.2) is 17.1 Å². The number of Topliss-reactive ketones (excluding diaryl/α,β-unsaturated/α-hetero) is 1. The topological polar surface area (TPSA) is 54.5 Å². The average Bonchev–Trinajstić information content (AvgIpc) is 2.43. The van der Waals surface area contributed by atoms with Crippen LogP contribution in [0.1, 0.15) is 43.5 Å². The fourth-order valence-electron chi connectivity index (χ4n) is 1.75. The van der Waals surface area contributed by atoms with Crippen molar-refractivity contribution >= 4 is 15.8 Å². The van der Waals surface area contributed by atoms with Gasteiger partial charge in [-0.3, -0.25) is 4.79 Å². The van der Waals surface area contributed by atoms with Crippen LogP contribution in [0.4, 0.5) is 4.39 Å². The molecule has 0 spiro atoms. The molecule has 0 N–H and O–H groups in total. The third kappa shape index (κ3) is 3.64. The molecule has 0 aliphatic carbocycles. The first kappa shape index (κ1) is 16.8. The van der Waals surface area contributed by atoms with E-state index in [2.05, 4.69) is 0 Å². The van der Waals surface area contributed by atoms with Crippen LogP contribution in [0, 0.1) is 5.82 Å². The third-order valence-electron chi connectivity index (χ3n) is 3.09. The van der Waals surface area contributed by atoms with E-state index in [0.717, 1.165) is 22.9 Å². The lowest BCUT2D eigenvalue weighted by molar-refractivity contribution is 0.0988. The maximum atomic E-state index is 13.8. The minimum Gasteiger partial charge on any atom is -0.294 e. The SMILES string of the molecule is CCCCN(C)S(=O)(=O)c1cc(C(=O)CC)ccc1F. The van der Waals surface area contributed by atoms with Gasteiger partial charge < -0.3 is 0 Å². The van der Waals surface area contributed by atoms with Crippen molar-refractivity contribution in [2.24, 2.45) is 0 Å². The van der Waals surface area contributed by atoms with Gasteiger partial charge in [0.15, 0.2) is 5.78 Å². The molecule has 0 amide bonds. The van der Waals surface area contributed by atoms with Gasteiger partial charge >= 0.3 is 0 Å². The zero-order valence-electron chi connectivity index (χ0n) is 12.0. The lowest BCUT2D eigenvalue weighted by Crippen LogP contribution is -2.28. The van der Waals surface area contributed by atoms with E-state index in [-0.39, 0.29) is 17.8 Å². The third-order valence-corrected chi connectivity index (χ3v) is 4.96. The zero-order chi connectivity index (χ0) is 15.3. The largest absolute Gasteiger partial charge is 0.294 e. The first-order valence-electron chi connectivity index (χ1n) is 6.63. The summed E-state index contributed by atoms with van der Waals surface area (Å²) in [6.45, 7) is 3.94. The summed E-state index contributed by atoms with van der Waals surface area (Å²) in [4.78, 5) is 11.2. The molecule has 1 rings (SSSR count). The van der Waals surface area contributed by atoms with E-state index in [1.54, 1.807) is 6.92 Å². The number of rotatable bonds is 7. The highest BCUT2D eigenvalue weighted by atomic mass is 32.2. The zero-order valence-corrected chi connectivity index (χ0v) is 12.8. The predicted octanol–water partition coefficient (Wildman–Crippen LogP) is 2.84. The molecule has 20 heavy (non-hydrogen) atoms. The number of halogens is 1. The van der Waals surface area contributed by atoms with Crippen LogP contribution in [0.25, 0.3) is 0 Å². The molecule has 0 aromatic heterocycles. The van der Waals surface area contributed by atoms with E-state index >= 15 is 0 Å². The quantitative estimate of drug-likeness (QED) is 0.728. The summed E-state index contributed by atoms with van der Waals surface area (Å²) in [6, 6.07) is 3.47. The molecule has 1 aromatic rings. The van der Waals surface area contributed by atoms with Gasteiger partial charge in [0.05, 0.1) is 0 Å². The molecule has 0 atom stereocenters. The smallest absolute Gasteiger partial charge is 0.245 e. The van der Waals surface area contributed by atoms with E-state index in [4.69, 9.17) is 0 Å². The number of carbonyl (C=O) groups is 1. The Kier molecular flexibility index (Phi) is 5.83. The molecule has 0 heterocycles. The lowest BCUT2D eigenvalue weighted by Gasteiger charge is -2.17. The predicted molar refractivity (Wildman–Crippen MR) is 75.7 cm³/mol. The van der Waals surface area contributed by atoms with Crippen LogP contribution in [-0.2, 0) is 10.0 Å². The molecular formula is C14H20FNO3S. The van der Waals surface area contributed by atoms with Crippen LogP contribution in [0.15, 0.2) is 23.1 Å². The van der Waals surface area contributed by atoms with Crippen LogP contribution in [-0.4, -0.2) is 32.1 Å². The Bertz CT molecular complexity index is 584. The monoisotopic (exact) mass is 301 g/mol. The first-order valence-corrected chi connectivity index (χ1v) is 8.07. The van der Waals surface area contributed by atoms with Gasteiger partial charge in [-0.2, -0.15) is 0 Å². The van der Waals surface area contributed by atoms with Gasteiger partial charge in [0, 0.05) is 25.6 Å². The highest BCUT2D eigenvalue weighted by Gasteiger charge is 2.25. The molecule has 0 saturated heterocycles. The van der Waals surface area contributed by atoms with Crippen molar-refractivity contribution in [3.63, 3.8) is 0 Å². The molecule has 0 unspecified atom stereocenters. The summed E-state index contributed by atoms with van der Waals surface area (Å²) in [7, 11) is -2.48. The van der Waals surface area contributed by atoms with Gasteiger partial charge in [0.1, 0.15) is 10.7 Å². The molecule has 0 radical (unpaired) electrons. The summed E-state index contributed by atoms with van der Waals surface area (Å²) in [6.07, 6.45) is 1.79. The Hall–Kier alpha value is -1.27. The van der Waals surface area contributed by atoms with Crippen LogP contribution in [0.2, 0.25) is 0 Å². The Morgan fingerprint density at radius 3 is 2.50 bits per heavy atom. The van der Waals surface area contributed by atoms with Gasteiger partial charge in [-0.15, -0.1) is 0 Å². The number of hydrogen-bond acceptors (Lipinski definition) is 3. The van der Waals surface area contributed by atoms with Crippen molar-refractivity contribution in [3.8, 4) is 0 Å². The fraction of sp³-hybridized carbons (Fsp3) is 0.500. The summed E-state index contributed by atoms with van der Waals surface area (Å²) in [5.74, 6) is -1.04. The molecule has 0 aliphatic heterocycles. The number of ketones is 1. The minimum absolute atomic E-state index is 0.210. The van der Waals surface area contributed by atoms with Crippen molar-refractivity contribution in [2.75, 3.05) is 13.6 Å². The van der Waals surface area contributed by atoms with Gasteiger partial charge in [0.2, 0.25) is 10.0 Å². The van der Waals surface area contributed by atoms with E-state index < -0.39 is 20.7 Å². The highest BCUT2D eigenvalue weighted by molar-refractivity contribution is 7.89. The van der Waals surface area contributed by atoms with Crippen LogP contribution >= 0.6 is 0 Å². The van der Waals surface area contributed by atoms with E-state index in [1.165, 1.54) is 13.1 Å². The summed E-state index contributed by atoms with van der Waals surface area (Å²) in [5, 5.41) is 0. The van der Waals surface area contributed by atoms with Gasteiger partial charge in [-0.05, 0) is 24.6 Å². The summed E-state index contributed by atoms with van der Waals surface area (Å²) >= 11 is 0. The lowest BCUT2D eigenvalue weighted by atomic mass is 10.1. The van der Waals surface area contributed by atoms with Crippen molar-refractivity contribution < 1.29 is 17.6 Å². The molecule has 0 aliphatic rings. The number of carbonyl (C=O) groups excluding carboxylic acids is 1. The van der Waals surface area contributed by atoms with Crippen molar-refractivity contribution in [1.29, 1.82) is 0 Å². The average molecular weight is 301 g/mol. The van der Waals surface area contributed by atoms with Crippen molar-refractivity contribution in [1.82, 2.24) is 4.31 Å². The number of hydrogen-bond donors (Lipinski definition) is 0.